The number of hydrogen-bond acceptors (Lipinski definition) is 10. The molecule has 0 saturated heterocycles. The van der Waals surface area contributed by atoms with Crippen LogP contribution in [0.5, 0.6) is 0 Å². The van der Waals surface area contributed by atoms with Crippen LogP contribution in [-0.4, -0.2) is 104 Å². The Kier molecular flexibility index (Phi) is 28.3. The maximum Gasteiger partial charge on any atom is 0.308 e. The molecular weight excluding hydrogens is 765 g/mol. The van der Waals surface area contributed by atoms with E-state index in [4.69, 9.17) is 14.6 Å². The lowest BCUT2D eigenvalue weighted by Crippen LogP contribution is -2.42. The molecule has 0 bridgehead atoms. The lowest BCUT2D eigenvalue weighted by Gasteiger charge is -2.33. The molecule has 0 amide bonds. The van der Waals surface area contributed by atoms with Gasteiger partial charge >= 0.3 is 11.9 Å². The number of aliphatic hydroxyl groups excluding tert-OH is 6. The second kappa shape index (κ2) is 31.2. The van der Waals surface area contributed by atoms with E-state index in [-0.39, 0.29) is 24.9 Å². The van der Waals surface area contributed by atoms with Crippen LogP contribution in [0.15, 0.2) is 108 Å². The van der Waals surface area contributed by atoms with Gasteiger partial charge in [0.15, 0.2) is 0 Å². The van der Waals surface area contributed by atoms with Gasteiger partial charge < -0.3 is 45.2 Å². The molecule has 11 nitrogen and oxygen atoms in total. The molecule has 0 aromatic carbocycles. The fraction of sp³-hybridized carbons (Fsp3) is 0.592. The van der Waals surface area contributed by atoms with E-state index in [0.29, 0.717) is 38.5 Å². The van der Waals surface area contributed by atoms with Gasteiger partial charge in [-0.2, -0.15) is 0 Å². The highest BCUT2D eigenvalue weighted by molar-refractivity contribution is 5.70. The SMILES string of the molecule is CO[C@@H]1CC=C/C=C/C[C@H](C)[C@@H](O)[C@H](C)[C@@H](O)[C@H](C)[C@H](O)CC(=O)O[C@H]([C@H](C)[C@H](O)/C=C(C)/C=C/C=C/C=C/C=C/C=C/C[C@H](O)/C(C)=C/CCC(=O)O)C[C@H](O)CCC1. The van der Waals surface area contributed by atoms with Gasteiger partial charge in [-0.25, -0.2) is 0 Å². The Morgan fingerprint density at radius 2 is 1.50 bits per heavy atom. The molecule has 1 aliphatic rings. The first-order valence-corrected chi connectivity index (χ1v) is 21.5. The number of aliphatic carboxylic acids is 1. The van der Waals surface area contributed by atoms with E-state index in [9.17, 15) is 40.2 Å². The summed E-state index contributed by atoms with van der Waals surface area (Å²) in [6.07, 6.45) is 26.8. The first-order chi connectivity index (χ1) is 28.5. The van der Waals surface area contributed by atoms with E-state index in [1.165, 1.54) is 0 Å². The maximum atomic E-state index is 13.3. The van der Waals surface area contributed by atoms with Crippen molar-refractivity contribution in [3.63, 3.8) is 0 Å². The van der Waals surface area contributed by atoms with Crippen molar-refractivity contribution < 1.29 is 54.8 Å². The van der Waals surface area contributed by atoms with Crippen molar-refractivity contribution in [3.05, 3.63) is 108 Å². The van der Waals surface area contributed by atoms with E-state index in [2.05, 4.69) is 0 Å². The van der Waals surface area contributed by atoms with E-state index in [0.717, 1.165) is 17.6 Å². The number of allylic oxidation sites excluding steroid dienone is 14. The number of carboxylic acid groups (broad SMARTS) is 1. The summed E-state index contributed by atoms with van der Waals surface area (Å²) in [5, 5.41) is 74.3. The number of carbonyl (C=O) groups is 2. The van der Waals surface area contributed by atoms with Gasteiger partial charge in [0.25, 0.3) is 0 Å². The van der Waals surface area contributed by atoms with Crippen molar-refractivity contribution in [2.24, 2.45) is 23.7 Å². The summed E-state index contributed by atoms with van der Waals surface area (Å²) in [5.41, 5.74) is 1.52. The molecule has 1 aliphatic heterocycles. The van der Waals surface area contributed by atoms with Crippen LogP contribution in [0.4, 0.5) is 0 Å². The Balaban J connectivity index is 2.98. The minimum atomic E-state index is -1.25. The standard InChI is InChI=1S/C49H76O11/c1-34(23-17-13-11-9-8-10-12-14-20-29-42(51)35(2)25-21-30-46(54)55)31-43(52)37(4)45-32-40(50)26-22-28-41(59-7)27-19-16-15-18-24-36(3)48(57)39(6)49(58)38(5)44(53)33-47(56)60-45/h8-20,23,25,31,36-45,48-53,57-58H,21-22,24,26-30,32-33H2,1-7H3,(H,54,55)/b9-8+,12-10+,13-11+,18-15+,19-16?,20-14+,23-17+,34-31+,35-25+/t36-,37+,38+,39-,40+,41+,42-,43+,44+,45-,48+,49-/m0/s1. The summed E-state index contributed by atoms with van der Waals surface area (Å²) < 4.78 is 11.5. The molecule has 1 rings (SSSR count). The van der Waals surface area contributed by atoms with Crippen molar-refractivity contribution in [1.29, 1.82) is 0 Å². The number of carbonyl (C=O) groups excluding carboxylic acids is 1. The predicted octanol–water partition coefficient (Wildman–Crippen LogP) is 7.41. The van der Waals surface area contributed by atoms with E-state index < -0.39 is 78.8 Å². The summed E-state index contributed by atoms with van der Waals surface area (Å²) in [5.74, 6) is -3.64. The zero-order valence-corrected chi connectivity index (χ0v) is 37.0. The van der Waals surface area contributed by atoms with Gasteiger partial charge in [-0.05, 0) is 70.3 Å². The van der Waals surface area contributed by atoms with E-state index >= 15 is 0 Å². The molecule has 0 spiro atoms. The normalized spacial score (nSPS) is 30.4. The van der Waals surface area contributed by atoms with Crippen LogP contribution >= 0.6 is 0 Å². The lowest BCUT2D eigenvalue weighted by atomic mass is 9.81. The van der Waals surface area contributed by atoms with Gasteiger partial charge in [0.05, 0.1) is 49.1 Å². The number of cyclic esters (lactones) is 1. The molecule has 0 aromatic rings. The number of carboxylic acids is 1. The molecule has 0 aromatic heterocycles. The van der Waals surface area contributed by atoms with Gasteiger partial charge in [0.1, 0.15) is 6.10 Å². The van der Waals surface area contributed by atoms with Crippen LogP contribution in [-0.2, 0) is 19.1 Å². The summed E-state index contributed by atoms with van der Waals surface area (Å²) in [6.45, 7) is 10.6. The quantitative estimate of drug-likeness (QED) is 0.0493. The fourth-order valence-electron chi connectivity index (χ4n) is 6.81. The third-order valence-electron chi connectivity index (χ3n) is 11.2. The number of rotatable bonds is 15. The largest absolute Gasteiger partial charge is 0.481 e. The Morgan fingerprint density at radius 1 is 0.883 bits per heavy atom. The monoisotopic (exact) mass is 841 g/mol. The highest BCUT2D eigenvalue weighted by Gasteiger charge is 2.35. The van der Waals surface area contributed by atoms with Crippen molar-refractivity contribution in [3.8, 4) is 0 Å². The van der Waals surface area contributed by atoms with Crippen molar-refractivity contribution in [2.45, 2.75) is 155 Å². The molecule has 7 N–H and O–H groups in total. The first kappa shape index (κ1) is 54.3. The molecule has 11 heteroatoms. The minimum Gasteiger partial charge on any atom is -0.481 e. The second-order valence-electron chi connectivity index (χ2n) is 16.3. The highest BCUT2D eigenvalue weighted by Crippen LogP contribution is 2.28. The van der Waals surface area contributed by atoms with Gasteiger partial charge in [0.2, 0.25) is 0 Å². The zero-order valence-electron chi connectivity index (χ0n) is 37.0. The molecule has 0 radical (unpaired) electrons. The fourth-order valence-corrected chi connectivity index (χ4v) is 6.81. The summed E-state index contributed by atoms with van der Waals surface area (Å²) in [4.78, 5) is 23.9. The van der Waals surface area contributed by atoms with Crippen LogP contribution in [0.2, 0.25) is 0 Å². The van der Waals surface area contributed by atoms with Gasteiger partial charge in [-0.15, -0.1) is 0 Å². The Morgan fingerprint density at radius 3 is 2.13 bits per heavy atom. The van der Waals surface area contributed by atoms with E-state index in [1.807, 2.05) is 98.9 Å². The van der Waals surface area contributed by atoms with Gasteiger partial charge in [-0.1, -0.05) is 130 Å². The number of hydrogen-bond donors (Lipinski definition) is 7. The first-order valence-electron chi connectivity index (χ1n) is 21.5. The van der Waals surface area contributed by atoms with Crippen molar-refractivity contribution in [1.82, 2.24) is 0 Å². The third-order valence-corrected chi connectivity index (χ3v) is 11.2. The zero-order chi connectivity index (χ0) is 45.0. The van der Waals surface area contributed by atoms with Gasteiger partial charge in [-0.3, -0.25) is 9.59 Å². The Labute approximate surface area is 359 Å². The Bertz CT molecular complexity index is 1500. The third kappa shape index (κ3) is 23.4. The number of methoxy groups -OCH3 is 1. The number of ether oxygens (including phenoxy) is 2. The second-order valence-corrected chi connectivity index (χ2v) is 16.3. The van der Waals surface area contributed by atoms with E-state index in [1.54, 1.807) is 47.0 Å². The van der Waals surface area contributed by atoms with Crippen molar-refractivity contribution in [2.75, 3.05) is 7.11 Å². The molecule has 0 saturated carbocycles. The number of esters is 1. The topological polar surface area (TPSA) is 194 Å². The van der Waals surface area contributed by atoms with Crippen molar-refractivity contribution >= 4 is 11.9 Å². The highest BCUT2D eigenvalue weighted by atomic mass is 16.5. The smallest absolute Gasteiger partial charge is 0.308 e. The van der Waals surface area contributed by atoms with Crippen LogP contribution < -0.4 is 0 Å². The van der Waals surface area contributed by atoms with Crippen LogP contribution in [0.1, 0.15) is 106 Å². The average Bonchev–Trinajstić information content (AvgIpc) is 3.20. The molecule has 0 unspecified atom stereocenters. The molecule has 0 fully saturated rings. The minimum absolute atomic E-state index is 0.0372. The molecule has 1 heterocycles. The molecular formula is C49H76O11. The summed E-state index contributed by atoms with van der Waals surface area (Å²) in [7, 11) is 1.66. The summed E-state index contributed by atoms with van der Waals surface area (Å²) >= 11 is 0. The molecule has 0 aliphatic carbocycles. The van der Waals surface area contributed by atoms with Gasteiger partial charge in [0, 0.05) is 37.7 Å². The van der Waals surface area contributed by atoms with Crippen LogP contribution in [0, 0.1) is 23.7 Å². The molecule has 60 heavy (non-hydrogen) atoms. The Hall–Kier alpha value is -3.68. The molecule has 12 atom stereocenters. The number of aliphatic hydroxyl groups is 6. The molecule has 338 valence electrons. The van der Waals surface area contributed by atoms with Crippen LogP contribution in [0.25, 0.3) is 0 Å². The predicted molar refractivity (Wildman–Crippen MR) is 239 cm³/mol. The lowest BCUT2D eigenvalue weighted by molar-refractivity contribution is -0.159. The van der Waals surface area contributed by atoms with Crippen LogP contribution in [0.3, 0.4) is 0 Å². The summed E-state index contributed by atoms with van der Waals surface area (Å²) in [6, 6.07) is 0. The maximum absolute atomic E-state index is 13.3. The average molecular weight is 841 g/mol.